The molecule has 2 aromatic heterocycles. The number of amides is 1. The van der Waals surface area contributed by atoms with E-state index in [1.807, 2.05) is 49.4 Å². The highest BCUT2D eigenvalue weighted by atomic mass is 16.5. The van der Waals surface area contributed by atoms with Gasteiger partial charge in [0, 0.05) is 18.6 Å². The van der Waals surface area contributed by atoms with Crippen molar-refractivity contribution in [3.63, 3.8) is 0 Å². The number of hydrogen-bond acceptors (Lipinski definition) is 4. The van der Waals surface area contributed by atoms with Crippen molar-refractivity contribution in [1.29, 1.82) is 0 Å². The van der Waals surface area contributed by atoms with Gasteiger partial charge in [0.25, 0.3) is 5.91 Å². The van der Waals surface area contributed by atoms with Gasteiger partial charge in [0.1, 0.15) is 12.4 Å². The predicted octanol–water partition coefficient (Wildman–Crippen LogP) is 3.55. The maximum absolute atomic E-state index is 12.2. The zero-order valence-corrected chi connectivity index (χ0v) is 13.9. The lowest BCUT2D eigenvalue weighted by atomic mass is 10.1. The minimum atomic E-state index is -0.152. The second-order valence-corrected chi connectivity index (χ2v) is 5.62. The molecule has 2 heterocycles. The van der Waals surface area contributed by atoms with Crippen LogP contribution in [0, 0.1) is 0 Å². The molecule has 25 heavy (non-hydrogen) atoms. The van der Waals surface area contributed by atoms with Crippen LogP contribution in [0.15, 0.2) is 73.2 Å². The van der Waals surface area contributed by atoms with Gasteiger partial charge in [-0.1, -0.05) is 18.2 Å². The van der Waals surface area contributed by atoms with Crippen molar-refractivity contribution in [1.82, 2.24) is 15.3 Å². The number of carbonyl (C=O) groups excluding carboxylic acids is 1. The van der Waals surface area contributed by atoms with Crippen LogP contribution in [0.2, 0.25) is 0 Å². The second kappa shape index (κ2) is 8.06. The largest absolute Gasteiger partial charge is 0.487 e. The normalized spacial score (nSPS) is 11.6. The number of carbonyl (C=O) groups is 1. The molecule has 1 N–H and O–H groups in total. The summed E-state index contributed by atoms with van der Waals surface area (Å²) >= 11 is 0. The number of benzene rings is 1. The van der Waals surface area contributed by atoms with Gasteiger partial charge in [-0.05, 0) is 48.9 Å². The van der Waals surface area contributed by atoms with E-state index in [0.717, 1.165) is 17.0 Å². The minimum absolute atomic E-state index is 0.147. The van der Waals surface area contributed by atoms with E-state index in [1.54, 1.807) is 30.7 Å². The van der Waals surface area contributed by atoms with E-state index in [2.05, 4.69) is 15.3 Å². The van der Waals surface area contributed by atoms with Gasteiger partial charge >= 0.3 is 0 Å². The molecule has 1 amide bonds. The van der Waals surface area contributed by atoms with E-state index < -0.39 is 0 Å². The van der Waals surface area contributed by atoms with Crippen molar-refractivity contribution in [2.75, 3.05) is 0 Å². The van der Waals surface area contributed by atoms with Crippen LogP contribution in [0.4, 0.5) is 0 Å². The Hall–Kier alpha value is -3.21. The summed E-state index contributed by atoms with van der Waals surface area (Å²) in [4.78, 5) is 20.4. The third-order valence-electron chi connectivity index (χ3n) is 3.74. The van der Waals surface area contributed by atoms with Crippen LogP contribution in [0.3, 0.4) is 0 Å². The fourth-order valence-electron chi connectivity index (χ4n) is 2.37. The quantitative estimate of drug-likeness (QED) is 0.749. The maximum atomic E-state index is 12.2. The van der Waals surface area contributed by atoms with E-state index in [4.69, 9.17) is 4.74 Å². The Balaban J connectivity index is 1.63. The lowest BCUT2D eigenvalue weighted by Crippen LogP contribution is -2.26. The molecule has 5 heteroatoms. The molecular formula is C20H19N3O2. The Labute approximate surface area is 146 Å². The number of pyridine rings is 2. The van der Waals surface area contributed by atoms with Crippen LogP contribution >= 0.6 is 0 Å². The van der Waals surface area contributed by atoms with Gasteiger partial charge < -0.3 is 10.1 Å². The number of nitrogens with zero attached hydrogens (tertiary/aromatic N) is 2. The minimum Gasteiger partial charge on any atom is -0.487 e. The topological polar surface area (TPSA) is 64.1 Å². The molecule has 0 unspecified atom stereocenters. The van der Waals surface area contributed by atoms with Crippen LogP contribution < -0.4 is 10.1 Å². The Kier molecular flexibility index (Phi) is 5.36. The van der Waals surface area contributed by atoms with Gasteiger partial charge in [-0.3, -0.25) is 14.8 Å². The first-order chi connectivity index (χ1) is 12.2. The van der Waals surface area contributed by atoms with Gasteiger partial charge in [0.05, 0.1) is 17.3 Å². The highest BCUT2D eigenvalue weighted by Gasteiger charge is 2.12. The lowest BCUT2D eigenvalue weighted by molar-refractivity contribution is 0.0939. The van der Waals surface area contributed by atoms with Gasteiger partial charge in [0.2, 0.25) is 0 Å². The van der Waals surface area contributed by atoms with Crippen molar-refractivity contribution in [3.8, 4) is 5.75 Å². The standard InChI is InChI=1S/C20H19N3O2/c1-15(23-20(24)17-7-5-10-21-13-17)16-6-4-9-19(12-16)25-14-18-8-2-3-11-22-18/h2-13,15H,14H2,1H3,(H,23,24)/t15-/m0/s1. The molecule has 0 aliphatic rings. The SMILES string of the molecule is C[C@H](NC(=O)c1cccnc1)c1cccc(OCc2ccccn2)c1. The first-order valence-corrected chi connectivity index (χ1v) is 8.06. The van der Waals surface area contributed by atoms with Crippen LogP contribution in [-0.4, -0.2) is 15.9 Å². The van der Waals surface area contributed by atoms with Gasteiger partial charge in [0.15, 0.2) is 0 Å². The van der Waals surface area contributed by atoms with Gasteiger partial charge in [-0.2, -0.15) is 0 Å². The molecule has 0 bridgehead atoms. The smallest absolute Gasteiger partial charge is 0.253 e. The summed E-state index contributed by atoms with van der Waals surface area (Å²) in [5.74, 6) is 0.589. The fourth-order valence-corrected chi connectivity index (χ4v) is 2.37. The summed E-state index contributed by atoms with van der Waals surface area (Å²) in [5.41, 5.74) is 2.37. The van der Waals surface area contributed by atoms with E-state index in [-0.39, 0.29) is 11.9 Å². The third-order valence-corrected chi connectivity index (χ3v) is 3.74. The number of aromatic nitrogens is 2. The summed E-state index contributed by atoms with van der Waals surface area (Å²) in [6.07, 6.45) is 4.93. The Bertz CT molecular complexity index is 823. The highest BCUT2D eigenvalue weighted by Crippen LogP contribution is 2.20. The summed E-state index contributed by atoms with van der Waals surface area (Å²) < 4.78 is 5.79. The van der Waals surface area contributed by atoms with E-state index in [1.165, 1.54) is 0 Å². The average Bonchev–Trinajstić information content (AvgIpc) is 2.68. The number of rotatable bonds is 6. The molecule has 0 aliphatic carbocycles. The summed E-state index contributed by atoms with van der Waals surface area (Å²) in [6, 6.07) is 16.7. The number of hydrogen-bond donors (Lipinski definition) is 1. The molecule has 126 valence electrons. The molecule has 0 saturated carbocycles. The zero-order chi connectivity index (χ0) is 17.5. The Morgan fingerprint density at radius 3 is 2.80 bits per heavy atom. The van der Waals surface area contributed by atoms with Crippen molar-refractivity contribution < 1.29 is 9.53 Å². The van der Waals surface area contributed by atoms with Crippen molar-refractivity contribution in [3.05, 3.63) is 90.0 Å². The maximum Gasteiger partial charge on any atom is 0.253 e. The fraction of sp³-hybridized carbons (Fsp3) is 0.150. The third kappa shape index (κ3) is 4.64. The van der Waals surface area contributed by atoms with Crippen molar-refractivity contribution in [2.24, 2.45) is 0 Å². The number of nitrogens with one attached hydrogen (secondary N) is 1. The van der Waals surface area contributed by atoms with Crippen LogP contribution in [0.1, 0.15) is 34.6 Å². The number of ether oxygens (including phenoxy) is 1. The van der Waals surface area contributed by atoms with Crippen LogP contribution in [0.25, 0.3) is 0 Å². The molecule has 0 saturated heterocycles. The first-order valence-electron chi connectivity index (χ1n) is 8.06. The summed E-state index contributed by atoms with van der Waals surface area (Å²) in [5, 5.41) is 2.97. The Morgan fingerprint density at radius 2 is 2.04 bits per heavy atom. The molecule has 0 radical (unpaired) electrons. The van der Waals surface area contributed by atoms with E-state index in [9.17, 15) is 4.79 Å². The molecule has 1 aromatic carbocycles. The Morgan fingerprint density at radius 1 is 1.12 bits per heavy atom. The summed E-state index contributed by atoms with van der Waals surface area (Å²) in [7, 11) is 0. The van der Waals surface area contributed by atoms with E-state index >= 15 is 0 Å². The van der Waals surface area contributed by atoms with Crippen LogP contribution in [-0.2, 0) is 6.61 Å². The monoisotopic (exact) mass is 333 g/mol. The molecular weight excluding hydrogens is 314 g/mol. The molecule has 5 nitrogen and oxygen atoms in total. The molecule has 1 atom stereocenters. The van der Waals surface area contributed by atoms with Gasteiger partial charge in [-0.25, -0.2) is 0 Å². The molecule has 0 fully saturated rings. The van der Waals surface area contributed by atoms with Gasteiger partial charge in [-0.15, -0.1) is 0 Å². The van der Waals surface area contributed by atoms with E-state index in [0.29, 0.717) is 12.2 Å². The first kappa shape index (κ1) is 16.6. The summed E-state index contributed by atoms with van der Waals surface area (Å²) in [6.45, 7) is 2.34. The highest BCUT2D eigenvalue weighted by molar-refractivity contribution is 5.94. The molecule has 0 aliphatic heterocycles. The second-order valence-electron chi connectivity index (χ2n) is 5.62. The van der Waals surface area contributed by atoms with Crippen molar-refractivity contribution in [2.45, 2.75) is 19.6 Å². The predicted molar refractivity (Wildman–Crippen MR) is 95.1 cm³/mol. The molecule has 3 rings (SSSR count). The lowest BCUT2D eigenvalue weighted by Gasteiger charge is -2.15. The molecule has 0 spiro atoms. The van der Waals surface area contributed by atoms with Crippen molar-refractivity contribution >= 4 is 5.91 Å². The van der Waals surface area contributed by atoms with Crippen LogP contribution in [0.5, 0.6) is 5.75 Å². The average molecular weight is 333 g/mol. The molecule has 3 aromatic rings. The zero-order valence-electron chi connectivity index (χ0n) is 13.9.